The van der Waals surface area contributed by atoms with Crippen LogP contribution in [-0.4, -0.2) is 174 Å². The number of aromatic hydroxyl groups is 2. The highest BCUT2D eigenvalue weighted by Gasteiger charge is 2.47. The summed E-state index contributed by atoms with van der Waals surface area (Å²) in [6.45, 7) is 10.7. The van der Waals surface area contributed by atoms with Gasteiger partial charge in [0.25, 0.3) is 0 Å². The van der Waals surface area contributed by atoms with Crippen LogP contribution in [0.4, 0.5) is 0 Å². The lowest BCUT2D eigenvalue weighted by molar-refractivity contribution is -0.170. The number of amides is 9. The summed E-state index contributed by atoms with van der Waals surface area (Å²) < 4.78 is 5.93. The number of nitrogens with two attached hydrogens (primary N) is 1. The maximum absolute atomic E-state index is 14.8. The number of benzene rings is 2. The van der Waals surface area contributed by atoms with Crippen molar-refractivity contribution in [1.82, 2.24) is 41.7 Å². The number of cyclic esters (lactones) is 1. The van der Waals surface area contributed by atoms with Crippen molar-refractivity contribution in [3.8, 4) is 11.5 Å². The molecule has 2 aliphatic rings. The molecule has 25 heteroatoms. The third-order valence-electron chi connectivity index (χ3n) is 14.1. The molecule has 0 radical (unpaired) electrons. The Kier molecular flexibility index (Phi) is 24.0. The summed E-state index contributed by atoms with van der Waals surface area (Å²) in [7, 11) is 1.23. The molecule has 13 N–H and O–H groups in total. The van der Waals surface area contributed by atoms with E-state index in [-0.39, 0.29) is 68.8 Å². The quantitative estimate of drug-likeness (QED) is 0.0691. The number of carbonyl (C=O) groups is 10. The second-order valence-electron chi connectivity index (χ2n) is 20.8. The fraction of sp³-hybridized carbons (Fsp3) is 0.593. The van der Waals surface area contributed by atoms with Crippen molar-refractivity contribution in [2.75, 3.05) is 7.05 Å². The summed E-state index contributed by atoms with van der Waals surface area (Å²) in [6.07, 6.45) is -7.85. The van der Waals surface area contributed by atoms with Crippen molar-refractivity contribution in [3.63, 3.8) is 0 Å². The number of nitrogens with zero attached hydrogens (tertiary/aromatic N) is 2. The van der Waals surface area contributed by atoms with E-state index in [9.17, 15) is 73.5 Å². The number of phenols is 2. The van der Waals surface area contributed by atoms with E-state index >= 15 is 0 Å². The fourth-order valence-electron chi connectivity index (χ4n) is 9.20. The molecular formula is C54H79N9O16. The summed E-state index contributed by atoms with van der Waals surface area (Å²) >= 11 is 0. The molecule has 2 fully saturated rings. The van der Waals surface area contributed by atoms with Gasteiger partial charge in [0.15, 0.2) is 0 Å². The van der Waals surface area contributed by atoms with Gasteiger partial charge in [-0.2, -0.15) is 0 Å². The Balaban J connectivity index is 1.84. The summed E-state index contributed by atoms with van der Waals surface area (Å²) in [5.74, 6) is -11.1. The van der Waals surface area contributed by atoms with Crippen molar-refractivity contribution < 1.29 is 78.2 Å². The number of nitrogens with one attached hydrogen (secondary N) is 6. The van der Waals surface area contributed by atoms with Crippen LogP contribution < -0.4 is 37.6 Å². The second-order valence-corrected chi connectivity index (χ2v) is 20.8. The van der Waals surface area contributed by atoms with Gasteiger partial charge in [-0.1, -0.05) is 65.3 Å². The van der Waals surface area contributed by atoms with E-state index in [1.54, 1.807) is 39.8 Å². The highest BCUT2D eigenvalue weighted by Crippen LogP contribution is 2.26. The number of phenolic OH excluding ortho intramolecular Hbond substituents is 2. The number of aliphatic hydroxyl groups excluding tert-OH is 3. The molecule has 0 aromatic heterocycles. The zero-order chi connectivity index (χ0) is 59.0. The van der Waals surface area contributed by atoms with Crippen molar-refractivity contribution in [3.05, 3.63) is 59.7 Å². The number of likely N-dealkylation sites (N-methyl/N-ethyl adjacent to an activating group) is 1. The molecule has 2 bridgehead atoms. The van der Waals surface area contributed by atoms with E-state index in [0.717, 1.165) is 9.80 Å². The Labute approximate surface area is 459 Å². The van der Waals surface area contributed by atoms with Crippen LogP contribution in [0.2, 0.25) is 0 Å². The van der Waals surface area contributed by atoms with Gasteiger partial charge in [0.05, 0.1) is 6.10 Å². The largest absolute Gasteiger partial charge is 0.508 e. The first-order valence-electron chi connectivity index (χ1n) is 26.7. The fourth-order valence-corrected chi connectivity index (χ4v) is 9.20. The predicted molar refractivity (Wildman–Crippen MR) is 283 cm³/mol. The number of piperidine rings is 1. The molecule has 2 heterocycles. The van der Waals surface area contributed by atoms with E-state index in [4.69, 9.17) is 10.5 Å². The average molecular weight is 1110 g/mol. The van der Waals surface area contributed by atoms with E-state index in [0.29, 0.717) is 11.1 Å². The molecule has 2 aromatic rings. The van der Waals surface area contributed by atoms with Gasteiger partial charge in [0.1, 0.15) is 78.3 Å². The van der Waals surface area contributed by atoms with Crippen molar-refractivity contribution >= 4 is 59.1 Å². The smallest absolute Gasteiger partial charge is 0.329 e. The summed E-state index contributed by atoms with van der Waals surface area (Å²) in [6, 6.07) is -1.10. The molecule has 436 valence electrons. The topological polar surface area (TPSA) is 386 Å². The number of fused-ring (bicyclic) bond motifs is 2. The molecule has 25 nitrogen and oxygen atoms in total. The molecule has 2 unspecified atom stereocenters. The van der Waals surface area contributed by atoms with Crippen LogP contribution in [-0.2, 0) is 65.5 Å². The molecule has 0 saturated carbocycles. The lowest BCUT2D eigenvalue weighted by atomic mass is 9.95. The number of aryl methyl sites for hydroxylation is 1. The van der Waals surface area contributed by atoms with Crippen LogP contribution in [0.3, 0.4) is 0 Å². The van der Waals surface area contributed by atoms with Crippen LogP contribution in [0.25, 0.3) is 0 Å². The van der Waals surface area contributed by atoms with Crippen molar-refractivity contribution in [1.29, 1.82) is 0 Å². The number of aliphatic hydroxyl groups is 3. The molecule has 4 rings (SSSR count). The number of hydrogen-bond donors (Lipinski definition) is 12. The van der Waals surface area contributed by atoms with Crippen LogP contribution in [0, 0.1) is 11.8 Å². The predicted octanol–water partition coefficient (Wildman–Crippen LogP) is -1.23. The molecule has 2 aliphatic heterocycles. The SMILES string of the molecule is CC[C@@H](O)C(=O)N[C@@H](CCc1ccc(O)cc1)C(=O)N[C@@H](CCC(N)=O)C(=O)N[C@@H]1C(=O)N[C@@H](CC(C)C)C(=O)N[C@H]2CC[C@@H](O)N(C2=O)C([C@@H](C)O)C(=O)N(C)[C@@H](Cc2ccc(O)cc2)C(=O)NC([C@@H](C)CC)C(=O)O[C@@H]1C. The average Bonchev–Trinajstić information content (AvgIpc) is 3.43. The number of ether oxygens (including phenoxy) is 1. The minimum Gasteiger partial charge on any atom is -0.508 e. The Bertz CT molecular complexity index is 2480. The molecule has 9 amide bonds. The van der Waals surface area contributed by atoms with Gasteiger partial charge in [-0.05, 0) is 106 Å². The second kappa shape index (κ2) is 29.6. The molecular weight excluding hydrogens is 1030 g/mol. The number of hydrogen-bond acceptors (Lipinski definition) is 16. The van der Waals surface area contributed by atoms with E-state index in [1.807, 2.05) is 0 Å². The first-order chi connectivity index (χ1) is 37.2. The van der Waals surface area contributed by atoms with Gasteiger partial charge >= 0.3 is 5.97 Å². The Morgan fingerprint density at radius 2 is 1.33 bits per heavy atom. The van der Waals surface area contributed by atoms with Crippen LogP contribution >= 0.6 is 0 Å². The number of carbonyl (C=O) groups excluding carboxylic acids is 10. The molecule has 2 aromatic carbocycles. The normalized spacial score (nSPS) is 24.7. The zero-order valence-corrected chi connectivity index (χ0v) is 46.0. The molecule has 79 heavy (non-hydrogen) atoms. The molecule has 13 atom stereocenters. The first-order valence-corrected chi connectivity index (χ1v) is 26.7. The first kappa shape index (κ1) is 64.1. The van der Waals surface area contributed by atoms with Crippen LogP contribution in [0.1, 0.15) is 111 Å². The maximum atomic E-state index is 14.8. The van der Waals surface area contributed by atoms with Crippen LogP contribution in [0.5, 0.6) is 11.5 Å². The molecule has 0 spiro atoms. The van der Waals surface area contributed by atoms with Gasteiger partial charge < -0.3 is 77.7 Å². The minimum atomic E-state index is -1.92. The van der Waals surface area contributed by atoms with Crippen molar-refractivity contribution in [2.24, 2.45) is 17.6 Å². The van der Waals surface area contributed by atoms with E-state index < -0.39 is 151 Å². The summed E-state index contributed by atoms with van der Waals surface area (Å²) in [5.41, 5.74) is 6.56. The number of rotatable bonds is 20. The van der Waals surface area contributed by atoms with Crippen molar-refractivity contribution in [2.45, 2.75) is 186 Å². The van der Waals surface area contributed by atoms with Gasteiger partial charge in [-0.3, -0.25) is 43.2 Å². The van der Waals surface area contributed by atoms with Gasteiger partial charge in [-0.25, -0.2) is 4.79 Å². The minimum absolute atomic E-state index is 0.0101. The highest BCUT2D eigenvalue weighted by atomic mass is 16.5. The zero-order valence-electron chi connectivity index (χ0n) is 46.0. The number of primary amides is 1. The van der Waals surface area contributed by atoms with Gasteiger partial charge in [0.2, 0.25) is 53.2 Å². The van der Waals surface area contributed by atoms with E-state index in [2.05, 4.69) is 31.9 Å². The number of esters is 1. The third-order valence-corrected chi connectivity index (χ3v) is 14.1. The van der Waals surface area contributed by atoms with Gasteiger partial charge in [0, 0.05) is 19.9 Å². The maximum Gasteiger partial charge on any atom is 0.329 e. The third kappa shape index (κ3) is 18.1. The van der Waals surface area contributed by atoms with Gasteiger partial charge in [-0.15, -0.1) is 0 Å². The molecule has 2 saturated heterocycles. The Morgan fingerprint density at radius 1 is 0.747 bits per heavy atom. The Hall–Kier alpha value is -7.38. The molecule has 0 aliphatic carbocycles. The lowest BCUT2D eigenvalue weighted by Gasteiger charge is -2.43. The van der Waals surface area contributed by atoms with Crippen LogP contribution in [0.15, 0.2) is 48.5 Å². The van der Waals surface area contributed by atoms with E-state index in [1.165, 1.54) is 64.2 Å². The summed E-state index contributed by atoms with van der Waals surface area (Å²) in [5, 5.41) is 68.0. The highest BCUT2D eigenvalue weighted by molar-refractivity contribution is 5.99. The Morgan fingerprint density at radius 3 is 1.89 bits per heavy atom. The summed E-state index contributed by atoms with van der Waals surface area (Å²) in [4.78, 5) is 143. The monoisotopic (exact) mass is 1110 g/mol. The standard InChI is InChI=1S/C54H79N9O16/c1-9-28(5)43-54(78)79-30(7)44(61-47(71)36(21-23-41(55)68)56-46(70)35(57-50(74)40(67)10-2)20-15-31-11-16-33(65)17-12-31)51(75)59-38(25-27(3)4)48(72)58-37-22-24-42(69)63(52(37)76)45(29(6)64)53(77)62(8)39(49(73)60-43)26-32-13-18-34(66)19-14-32/h11-14,16-19,27-30,35-40,42-45,64-67,69H,9-10,15,20-26H2,1-8H3,(H2,55,68)(H,56,70)(H,57,74)(H,58,72)(H,59,75)(H,60,73)(H,61,71)/t28-,29+,30+,35-,36-,37-,38-,39-,40+,42+,43?,44-,45?/m0/s1. The lowest BCUT2D eigenvalue weighted by Crippen LogP contribution is -2.67.